The molecule has 0 saturated heterocycles. The molecule has 7 nitrogen and oxygen atoms in total. The average Bonchev–Trinajstić information content (AvgIpc) is 2.78. The molecule has 2 atom stereocenters. The van der Waals surface area contributed by atoms with Crippen molar-refractivity contribution in [3.63, 3.8) is 0 Å². The summed E-state index contributed by atoms with van der Waals surface area (Å²) in [5.74, 6) is -0.855. The molecule has 35 heavy (non-hydrogen) atoms. The number of hydrogen-bond donors (Lipinski definition) is 2. The van der Waals surface area contributed by atoms with E-state index in [1.807, 2.05) is 88.4 Å². The second-order valence-electron chi connectivity index (χ2n) is 10.2. The van der Waals surface area contributed by atoms with Gasteiger partial charge in [-0.1, -0.05) is 74.5 Å². The Morgan fingerprint density at radius 1 is 0.886 bits per heavy atom. The number of amides is 3. The fourth-order valence-corrected chi connectivity index (χ4v) is 3.74. The maximum atomic E-state index is 13.9. The fraction of sp³-hybridized carbons (Fsp3) is 0.464. The highest BCUT2D eigenvalue weighted by Gasteiger charge is 2.38. The number of carbonyl (C=O) groups excluding carboxylic acids is 3. The Labute approximate surface area is 209 Å². The molecule has 0 bridgehead atoms. The van der Waals surface area contributed by atoms with Crippen LogP contribution in [0.4, 0.5) is 4.79 Å². The van der Waals surface area contributed by atoms with Gasteiger partial charge in [-0.3, -0.25) is 9.59 Å². The van der Waals surface area contributed by atoms with Crippen LogP contribution in [-0.4, -0.2) is 40.5 Å². The molecule has 2 unspecified atom stereocenters. The normalized spacial score (nSPS) is 13.2. The average molecular weight is 482 g/mol. The number of hydrogen-bond acceptors (Lipinski definition) is 4. The molecule has 2 aromatic rings. The molecule has 0 heterocycles. The predicted octanol–water partition coefficient (Wildman–Crippen LogP) is 4.83. The van der Waals surface area contributed by atoms with E-state index in [0.717, 1.165) is 5.56 Å². The molecule has 190 valence electrons. The number of nitrogens with one attached hydrogen (secondary N) is 2. The second kappa shape index (κ2) is 12.4. The number of ether oxygens (including phenoxy) is 1. The third-order valence-electron chi connectivity index (χ3n) is 5.37. The minimum absolute atomic E-state index is 0.222. The van der Waals surface area contributed by atoms with Gasteiger partial charge in [0.1, 0.15) is 17.7 Å². The Morgan fingerprint density at radius 3 is 1.91 bits per heavy atom. The minimum atomic E-state index is -0.867. The van der Waals surface area contributed by atoms with E-state index >= 15 is 0 Å². The summed E-state index contributed by atoms with van der Waals surface area (Å²) in [6.45, 7) is 13.1. The van der Waals surface area contributed by atoms with Crippen LogP contribution in [0, 0.1) is 5.92 Å². The number of carbonyl (C=O) groups is 3. The van der Waals surface area contributed by atoms with Crippen molar-refractivity contribution in [2.24, 2.45) is 5.92 Å². The summed E-state index contributed by atoms with van der Waals surface area (Å²) in [7, 11) is 0. The first-order chi connectivity index (χ1) is 16.4. The van der Waals surface area contributed by atoms with E-state index in [-0.39, 0.29) is 23.8 Å². The molecule has 0 spiro atoms. The van der Waals surface area contributed by atoms with Crippen LogP contribution in [0.2, 0.25) is 0 Å². The van der Waals surface area contributed by atoms with Gasteiger partial charge in [-0.25, -0.2) is 4.79 Å². The van der Waals surface area contributed by atoms with E-state index in [0.29, 0.717) is 12.1 Å². The molecule has 0 radical (unpaired) electrons. The van der Waals surface area contributed by atoms with Crippen LogP contribution >= 0.6 is 0 Å². The lowest BCUT2D eigenvalue weighted by Gasteiger charge is -2.38. The fourth-order valence-electron chi connectivity index (χ4n) is 3.74. The maximum absolute atomic E-state index is 13.9. The van der Waals surface area contributed by atoms with Crippen LogP contribution in [-0.2, 0) is 20.9 Å². The summed E-state index contributed by atoms with van der Waals surface area (Å²) in [6, 6.07) is 16.8. The van der Waals surface area contributed by atoms with Gasteiger partial charge >= 0.3 is 6.09 Å². The molecule has 2 N–H and O–H groups in total. The second-order valence-corrected chi connectivity index (χ2v) is 10.2. The van der Waals surface area contributed by atoms with Crippen LogP contribution in [0.25, 0.3) is 0 Å². The Hall–Kier alpha value is -3.35. The smallest absolute Gasteiger partial charge is 0.408 e. The third kappa shape index (κ3) is 8.42. The number of benzene rings is 2. The molecule has 3 amide bonds. The van der Waals surface area contributed by atoms with Gasteiger partial charge in [0.05, 0.1) is 0 Å². The lowest BCUT2D eigenvalue weighted by atomic mass is 9.97. The Balaban J connectivity index is 2.38. The van der Waals surface area contributed by atoms with Crippen molar-refractivity contribution >= 4 is 17.9 Å². The molecular formula is C28H39N3O4. The van der Waals surface area contributed by atoms with Gasteiger partial charge < -0.3 is 20.3 Å². The lowest BCUT2D eigenvalue weighted by molar-refractivity contribution is -0.145. The molecule has 0 fully saturated rings. The quantitative estimate of drug-likeness (QED) is 0.537. The van der Waals surface area contributed by atoms with E-state index in [4.69, 9.17) is 4.74 Å². The van der Waals surface area contributed by atoms with Gasteiger partial charge in [0, 0.05) is 12.6 Å². The van der Waals surface area contributed by atoms with Crippen molar-refractivity contribution in [3.8, 4) is 0 Å². The number of alkyl carbamates (subject to hydrolysis) is 1. The zero-order valence-corrected chi connectivity index (χ0v) is 21.9. The topological polar surface area (TPSA) is 87.7 Å². The lowest BCUT2D eigenvalue weighted by Crippen LogP contribution is -2.56. The van der Waals surface area contributed by atoms with E-state index in [2.05, 4.69) is 10.6 Å². The maximum Gasteiger partial charge on any atom is 0.408 e. The Morgan fingerprint density at radius 2 is 1.43 bits per heavy atom. The summed E-state index contributed by atoms with van der Waals surface area (Å²) >= 11 is 0. The van der Waals surface area contributed by atoms with Crippen molar-refractivity contribution in [2.45, 2.75) is 78.7 Å². The van der Waals surface area contributed by atoms with Gasteiger partial charge in [0.15, 0.2) is 0 Å². The van der Waals surface area contributed by atoms with Gasteiger partial charge in [-0.15, -0.1) is 0 Å². The monoisotopic (exact) mass is 481 g/mol. The Kier molecular flexibility index (Phi) is 9.87. The minimum Gasteiger partial charge on any atom is -0.444 e. The van der Waals surface area contributed by atoms with Crippen LogP contribution in [0.15, 0.2) is 60.7 Å². The first-order valence-electron chi connectivity index (χ1n) is 12.1. The summed E-state index contributed by atoms with van der Waals surface area (Å²) in [4.78, 5) is 41.5. The molecule has 0 saturated carbocycles. The summed E-state index contributed by atoms with van der Waals surface area (Å²) < 4.78 is 5.39. The SMILES string of the molecule is CC(C)C(NC(=O)OC(C)(C)C)C(=O)N(C(C)C)C(C(=O)NCc1ccccc1)c1ccccc1. The standard InChI is InChI=1S/C28H39N3O4/c1-19(2)23(30-27(34)35-28(5,6)7)26(33)31(20(3)4)24(22-16-12-9-13-17-22)25(32)29-18-21-14-10-8-11-15-21/h8-17,19-20,23-24H,18H2,1-7H3,(H,29,32)(H,30,34). The first kappa shape index (κ1) is 27.9. The molecule has 0 aliphatic heterocycles. The largest absolute Gasteiger partial charge is 0.444 e. The summed E-state index contributed by atoms with van der Waals surface area (Å²) in [5.41, 5.74) is 0.956. The van der Waals surface area contributed by atoms with Crippen LogP contribution in [0.3, 0.4) is 0 Å². The highest BCUT2D eigenvalue weighted by molar-refractivity contribution is 5.92. The number of rotatable bonds is 9. The predicted molar refractivity (Wildman–Crippen MR) is 137 cm³/mol. The molecular weight excluding hydrogens is 442 g/mol. The van der Waals surface area contributed by atoms with Crippen molar-refractivity contribution in [1.29, 1.82) is 0 Å². The van der Waals surface area contributed by atoms with Crippen molar-refractivity contribution in [3.05, 3.63) is 71.8 Å². The molecule has 0 aliphatic carbocycles. The zero-order chi connectivity index (χ0) is 26.2. The number of nitrogens with zero attached hydrogens (tertiary/aromatic N) is 1. The highest BCUT2D eigenvalue weighted by Crippen LogP contribution is 2.26. The zero-order valence-electron chi connectivity index (χ0n) is 21.9. The highest BCUT2D eigenvalue weighted by atomic mass is 16.6. The van der Waals surface area contributed by atoms with Crippen LogP contribution < -0.4 is 10.6 Å². The van der Waals surface area contributed by atoms with Crippen molar-refractivity contribution in [2.75, 3.05) is 0 Å². The summed E-state index contributed by atoms with van der Waals surface area (Å²) in [5, 5.41) is 5.71. The van der Waals surface area contributed by atoms with Crippen molar-refractivity contribution < 1.29 is 19.1 Å². The van der Waals surface area contributed by atoms with E-state index < -0.39 is 23.8 Å². The molecule has 2 rings (SSSR count). The van der Waals surface area contributed by atoms with Gasteiger partial charge in [-0.05, 0) is 51.7 Å². The van der Waals surface area contributed by atoms with E-state index in [1.54, 1.807) is 25.7 Å². The van der Waals surface area contributed by atoms with E-state index in [1.165, 1.54) is 0 Å². The van der Waals surface area contributed by atoms with Gasteiger partial charge in [0.2, 0.25) is 11.8 Å². The molecule has 0 aliphatic rings. The van der Waals surface area contributed by atoms with Crippen molar-refractivity contribution in [1.82, 2.24) is 15.5 Å². The Bertz CT molecular complexity index is 969. The first-order valence-corrected chi connectivity index (χ1v) is 12.1. The van der Waals surface area contributed by atoms with Crippen LogP contribution in [0.5, 0.6) is 0 Å². The van der Waals surface area contributed by atoms with Crippen LogP contribution in [0.1, 0.15) is 65.6 Å². The van der Waals surface area contributed by atoms with Gasteiger partial charge in [0.25, 0.3) is 0 Å². The summed E-state index contributed by atoms with van der Waals surface area (Å²) in [6.07, 6.45) is -0.668. The van der Waals surface area contributed by atoms with Gasteiger partial charge in [-0.2, -0.15) is 0 Å². The third-order valence-corrected chi connectivity index (χ3v) is 5.37. The molecule has 0 aromatic heterocycles. The van der Waals surface area contributed by atoms with E-state index in [9.17, 15) is 14.4 Å². The molecule has 2 aromatic carbocycles. The molecule has 7 heteroatoms.